The first kappa shape index (κ1) is 17.0. The monoisotopic (exact) mass is 331 g/mol. The summed E-state index contributed by atoms with van der Waals surface area (Å²) in [6.45, 7) is 4.56. The highest BCUT2D eigenvalue weighted by Crippen LogP contribution is 2.13. The highest BCUT2D eigenvalue weighted by molar-refractivity contribution is 7.09. The Labute approximate surface area is 140 Å². The number of urea groups is 1. The summed E-state index contributed by atoms with van der Waals surface area (Å²) in [5, 5.41) is 10.0. The van der Waals surface area contributed by atoms with Crippen molar-refractivity contribution >= 4 is 29.0 Å². The third-order valence-electron chi connectivity index (χ3n) is 3.16. The van der Waals surface area contributed by atoms with Gasteiger partial charge in [-0.05, 0) is 55.0 Å². The molecule has 3 amide bonds. The zero-order valence-electron chi connectivity index (χ0n) is 13.3. The van der Waals surface area contributed by atoms with Crippen molar-refractivity contribution in [3.05, 3.63) is 51.7 Å². The molecule has 0 unspecified atom stereocenters. The van der Waals surface area contributed by atoms with Crippen molar-refractivity contribution < 1.29 is 9.59 Å². The first-order chi connectivity index (χ1) is 11.0. The van der Waals surface area contributed by atoms with E-state index in [-0.39, 0.29) is 12.5 Å². The molecule has 0 aliphatic rings. The van der Waals surface area contributed by atoms with Crippen LogP contribution in [0.25, 0.3) is 0 Å². The lowest BCUT2D eigenvalue weighted by Crippen LogP contribution is -2.42. The fraction of sp³-hybridized carbons (Fsp3) is 0.294. The van der Waals surface area contributed by atoms with E-state index in [4.69, 9.17) is 0 Å². The number of hydrogen-bond acceptors (Lipinski definition) is 4. The van der Waals surface area contributed by atoms with E-state index in [9.17, 15) is 9.59 Å². The quantitative estimate of drug-likeness (QED) is 0.762. The van der Waals surface area contributed by atoms with Crippen molar-refractivity contribution in [1.29, 1.82) is 0 Å². The van der Waals surface area contributed by atoms with E-state index < -0.39 is 6.03 Å². The second kappa shape index (κ2) is 8.33. The molecule has 0 spiro atoms. The third kappa shape index (κ3) is 6.12. The number of anilines is 1. The minimum atomic E-state index is -0.464. The molecule has 6 heteroatoms. The van der Waals surface area contributed by atoms with Crippen LogP contribution in [0.15, 0.2) is 35.7 Å². The lowest BCUT2D eigenvalue weighted by atomic mass is 10.1. The van der Waals surface area contributed by atoms with Crippen molar-refractivity contribution in [2.24, 2.45) is 0 Å². The van der Waals surface area contributed by atoms with Crippen LogP contribution in [0.1, 0.15) is 16.0 Å². The minimum Gasteiger partial charge on any atom is -0.376 e. The van der Waals surface area contributed by atoms with Gasteiger partial charge in [0.2, 0.25) is 5.91 Å². The molecule has 0 bridgehead atoms. The summed E-state index contributed by atoms with van der Waals surface area (Å²) in [7, 11) is 0. The number of imide groups is 1. The van der Waals surface area contributed by atoms with Crippen LogP contribution in [0.3, 0.4) is 0 Å². The third-order valence-corrected chi connectivity index (χ3v) is 4.10. The van der Waals surface area contributed by atoms with E-state index in [1.807, 2.05) is 43.5 Å². The number of carbonyl (C=O) groups excluding carboxylic acids is 2. The molecule has 0 atom stereocenters. The standard InChI is InChI=1S/C17H21N3O2S/c1-12-8-13(2)10-14(9-12)19-11-16(21)20-17(22)18-6-5-15-4-3-7-23-15/h3-4,7-10,19H,5-6,11H2,1-2H3,(H2,18,20,21,22). The summed E-state index contributed by atoms with van der Waals surface area (Å²) in [4.78, 5) is 24.6. The Morgan fingerprint density at radius 2 is 1.87 bits per heavy atom. The molecule has 1 aromatic heterocycles. The van der Waals surface area contributed by atoms with Crippen LogP contribution < -0.4 is 16.0 Å². The molecular weight excluding hydrogens is 310 g/mol. The highest BCUT2D eigenvalue weighted by atomic mass is 32.1. The summed E-state index contributed by atoms with van der Waals surface area (Å²) >= 11 is 1.65. The number of hydrogen-bond donors (Lipinski definition) is 3. The van der Waals surface area contributed by atoms with E-state index in [2.05, 4.69) is 22.0 Å². The van der Waals surface area contributed by atoms with E-state index >= 15 is 0 Å². The first-order valence-electron chi connectivity index (χ1n) is 7.45. The van der Waals surface area contributed by atoms with Crippen LogP contribution in [-0.2, 0) is 11.2 Å². The first-order valence-corrected chi connectivity index (χ1v) is 8.33. The van der Waals surface area contributed by atoms with Crippen LogP contribution >= 0.6 is 11.3 Å². The second-order valence-corrected chi connectivity index (χ2v) is 6.40. The normalized spacial score (nSPS) is 10.2. The lowest BCUT2D eigenvalue weighted by molar-refractivity contribution is -0.118. The summed E-state index contributed by atoms with van der Waals surface area (Å²) in [5.41, 5.74) is 3.12. The van der Waals surface area contributed by atoms with Gasteiger partial charge in [-0.25, -0.2) is 4.79 Å². The molecule has 5 nitrogen and oxygen atoms in total. The van der Waals surface area contributed by atoms with Gasteiger partial charge in [0.1, 0.15) is 0 Å². The molecule has 0 fully saturated rings. The fourth-order valence-corrected chi connectivity index (χ4v) is 2.94. The zero-order valence-corrected chi connectivity index (χ0v) is 14.1. The number of aryl methyl sites for hydroxylation is 2. The Kier molecular flexibility index (Phi) is 6.17. The van der Waals surface area contributed by atoms with Gasteiger partial charge < -0.3 is 10.6 Å². The van der Waals surface area contributed by atoms with Gasteiger partial charge in [-0.3, -0.25) is 10.1 Å². The van der Waals surface area contributed by atoms with Crippen LogP contribution in [0.4, 0.5) is 10.5 Å². The zero-order chi connectivity index (χ0) is 16.7. The number of benzene rings is 1. The minimum absolute atomic E-state index is 0.0568. The molecule has 3 N–H and O–H groups in total. The molecular formula is C17H21N3O2S. The van der Waals surface area contributed by atoms with Gasteiger partial charge in [-0.15, -0.1) is 11.3 Å². The lowest BCUT2D eigenvalue weighted by Gasteiger charge is -2.09. The smallest absolute Gasteiger partial charge is 0.321 e. The van der Waals surface area contributed by atoms with Crippen LogP contribution in [0.2, 0.25) is 0 Å². The van der Waals surface area contributed by atoms with Crippen LogP contribution in [0, 0.1) is 13.8 Å². The van der Waals surface area contributed by atoms with Gasteiger partial charge in [0.25, 0.3) is 0 Å². The molecule has 0 saturated heterocycles. The van der Waals surface area contributed by atoms with Crippen LogP contribution in [-0.4, -0.2) is 25.0 Å². The average molecular weight is 331 g/mol. The summed E-state index contributed by atoms with van der Waals surface area (Å²) in [6.07, 6.45) is 0.764. The Hall–Kier alpha value is -2.34. The van der Waals surface area contributed by atoms with Crippen molar-refractivity contribution in [2.75, 3.05) is 18.4 Å². The number of carbonyl (C=O) groups is 2. The molecule has 1 heterocycles. The molecule has 23 heavy (non-hydrogen) atoms. The predicted molar refractivity (Wildman–Crippen MR) is 94.0 cm³/mol. The number of amides is 3. The second-order valence-electron chi connectivity index (χ2n) is 5.36. The Balaban J connectivity index is 1.68. The van der Waals surface area contributed by atoms with Gasteiger partial charge >= 0.3 is 6.03 Å². The highest BCUT2D eigenvalue weighted by Gasteiger charge is 2.07. The van der Waals surface area contributed by atoms with E-state index in [0.717, 1.165) is 23.2 Å². The van der Waals surface area contributed by atoms with Crippen molar-refractivity contribution in [3.8, 4) is 0 Å². The van der Waals surface area contributed by atoms with Crippen molar-refractivity contribution in [3.63, 3.8) is 0 Å². The van der Waals surface area contributed by atoms with Crippen LogP contribution in [0.5, 0.6) is 0 Å². The topological polar surface area (TPSA) is 70.2 Å². The molecule has 0 aliphatic carbocycles. The number of rotatable bonds is 6. The summed E-state index contributed by atoms with van der Waals surface area (Å²) in [6, 6.07) is 9.51. The van der Waals surface area contributed by atoms with E-state index in [1.165, 1.54) is 4.88 Å². The summed E-state index contributed by atoms with van der Waals surface area (Å²) in [5.74, 6) is -0.363. The maximum Gasteiger partial charge on any atom is 0.321 e. The van der Waals surface area contributed by atoms with Gasteiger partial charge in [0.15, 0.2) is 0 Å². The van der Waals surface area contributed by atoms with Gasteiger partial charge in [0, 0.05) is 17.1 Å². The largest absolute Gasteiger partial charge is 0.376 e. The predicted octanol–water partition coefficient (Wildman–Crippen LogP) is 2.85. The maximum atomic E-state index is 11.8. The number of nitrogens with one attached hydrogen (secondary N) is 3. The fourth-order valence-electron chi connectivity index (χ4n) is 2.23. The van der Waals surface area contributed by atoms with Gasteiger partial charge in [0.05, 0.1) is 6.54 Å². The molecule has 0 saturated carbocycles. The Morgan fingerprint density at radius 1 is 1.13 bits per heavy atom. The average Bonchev–Trinajstić information content (AvgIpc) is 2.97. The molecule has 0 radical (unpaired) electrons. The van der Waals surface area contributed by atoms with Crippen molar-refractivity contribution in [1.82, 2.24) is 10.6 Å². The maximum absolute atomic E-state index is 11.8. The van der Waals surface area contributed by atoms with Gasteiger partial charge in [-0.1, -0.05) is 12.1 Å². The van der Waals surface area contributed by atoms with E-state index in [1.54, 1.807) is 11.3 Å². The molecule has 0 aliphatic heterocycles. The Morgan fingerprint density at radius 3 is 2.52 bits per heavy atom. The van der Waals surface area contributed by atoms with E-state index in [0.29, 0.717) is 6.54 Å². The van der Waals surface area contributed by atoms with Crippen molar-refractivity contribution in [2.45, 2.75) is 20.3 Å². The Bertz CT molecular complexity index is 648. The molecule has 2 aromatic rings. The number of thiophene rings is 1. The molecule has 1 aromatic carbocycles. The summed E-state index contributed by atoms with van der Waals surface area (Å²) < 4.78 is 0. The van der Waals surface area contributed by atoms with Gasteiger partial charge in [-0.2, -0.15) is 0 Å². The molecule has 122 valence electrons. The SMILES string of the molecule is Cc1cc(C)cc(NCC(=O)NC(=O)NCCc2cccs2)c1. The molecule has 2 rings (SSSR count).